The molecule has 0 saturated carbocycles. The number of halogens is 2. The Bertz CT molecular complexity index is 350. The van der Waals surface area contributed by atoms with E-state index in [0.717, 1.165) is 12.8 Å². The SMILES string of the molecule is C=CC(C)CCC(C)C1=C(F)C(F)=C(C)CC1. The zero-order chi connectivity index (χ0) is 13.0. The topological polar surface area (TPSA) is 0 Å². The van der Waals surface area contributed by atoms with E-state index in [0.29, 0.717) is 29.9 Å². The molecule has 0 aromatic heterocycles. The van der Waals surface area contributed by atoms with Gasteiger partial charge in [-0.05, 0) is 55.6 Å². The minimum Gasteiger partial charge on any atom is -0.204 e. The average Bonchev–Trinajstić information content (AvgIpc) is 2.32. The lowest BCUT2D eigenvalue weighted by Gasteiger charge is -2.22. The minimum atomic E-state index is -0.630. The molecule has 0 saturated heterocycles. The van der Waals surface area contributed by atoms with E-state index in [1.54, 1.807) is 6.92 Å². The van der Waals surface area contributed by atoms with E-state index in [9.17, 15) is 8.78 Å². The van der Waals surface area contributed by atoms with Gasteiger partial charge in [-0.1, -0.05) is 19.9 Å². The Balaban J connectivity index is 2.69. The van der Waals surface area contributed by atoms with Crippen molar-refractivity contribution in [1.29, 1.82) is 0 Å². The Hall–Kier alpha value is -0.920. The van der Waals surface area contributed by atoms with Crippen LogP contribution in [0.1, 0.15) is 46.5 Å². The van der Waals surface area contributed by atoms with Crippen LogP contribution < -0.4 is 0 Å². The molecule has 0 nitrogen and oxygen atoms in total. The summed E-state index contributed by atoms with van der Waals surface area (Å²) in [5.41, 5.74) is 1.20. The van der Waals surface area contributed by atoms with Gasteiger partial charge in [-0.15, -0.1) is 6.58 Å². The summed E-state index contributed by atoms with van der Waals surface area (Å²) in [7, 11) is 0. The Morgan fingerprint density at radius 2 is 1.82 bits per heavy atom. The van der Waals surface area contributed by atoms with Crippen molar-refractivity contribution in [2.75, 3.05) is 0 Å². The third-order valence-corrected chi connectivity index (χ3v) is 3.67. The molecule has 2 unspecified atom stereocenters. The van der Waals surface area contributed by atoms with E-state index < -0.39 is 11.7 Å². The van der Waals surface area contributed by atoms with Crippen LogP contribution in [0.2, 0.25) is 0 Å². The van der Waals surface area contributed by atoms with Crippen LogP contribution in [-0.4, -0.2) is 0 Å². The molecule has 0 radical (unpaired) electrons. The maximum absolute atomic E-state index is 13.8. The summed E-state index contributed by atoms with van der Waals surface area (Å²) in [6.07, 6.45) is 5.08. The molecule has 0 amide bonds. The maximum Gasteiger partial charge on any atom is 0.158 e. The largest absolute Gasteiger partial charge is 0.204 e. The Labute approximate surface area is 103 Å². The van der Waals surface area contributed by atoms with Crippen molar-refractivity contribution < 1.29 is 8.78 Å². The smallest absolute Gasteiger partial charge is 0.158 e. The molecule has 1 aliphatic rings. The third kappa shape index (κ3) is 3.52. The van der Waals surface area contributed by atoms with Gasteiger partial charge in [0.1, 0.15) is 0 Å². The molecule has 0 fully saturated rings. The van der Waals surface area contributed by atoms with Gasteiger partial charge >= 0.3 is 0 Å². The van der Waals surface area contributed by atoms with Crippen LogP contribution in [0.15, 0.2) is 35.5 Å². The first-order chi connectivity index (χ1) is 7.97. The summed E-state index contributed by atoms with van der Waals surface area (Å²) in [6, 6.07) is 0. The molecule has 0 aromatic carbocycles. The third-order valence-electron chi connectivity index (χ3n) is 3.67. The van der Waals surface area contributed by atoms with Crippen molar-refractivity contribution in [3.05, 3.63) is 35.5 Å². The molecule has 17 heavy (non-hydrogen) atoms. The van der Waals surface area contributed by atoms with Gasteiger partial charge in [-0.25, -0.2) is 8.78 Å². The first kappa shape index (κ1) is 14.1. The molecule has 0 spiro atoms. The van der Waals surface area contributed by atoms with Crippen molar-refractivity contribution >= 4 is 0 Å². The van der Waals surface area contributed by atoms with Gasteiger partial charge in [-0.2, -0.15) is 0 Å². The van der Waals surface area contributed by atoms with Crippen molar-refractivity contribution in [2.24, 2.45) is 11.8 Å². The van der Waals surface area contributed by atoms with Crippen LogP contribution in [0.3, 0.4) is 0 Å². The molecule has 0 N–H and O–H groups in total. The highest BCUT2D eigenvalue weighted by atomic mass is 19.2. The molecule has 2 atom stereocenters. The summed E-state index contributed by atoms with van der Waals surface area (Å²) < 4.78 is 27.3. The van der Waals surface area contributed by atoms with E-state index in [1.165, 1.54) is 0 Å². The second-order valence-corrected chi connectivity index (χ2v) is 5.12. The predicted molar refractivity (Wildman–Crippen MR) is 68.9 cm³/mol. The van der Waals surface area contributed by atoms with Crippen LogP contribution in [0.5, 0.6) is 0 Å². The van der Waals surface area contributed by atoms with Gasteiger partial charge in [0.05, 0.1) is 0 Å². The van der Waals surface area contributed by atoms with Crippen molar-refractivity contribution in [1.82, 2.24) is 0 Å². The lowest BCUT2D eigenvalue weighted by molar-refractivity contribution is 0.454. The predicted octanol–water partition coefficient (Wildman–Crippen LogP) is 5.49. The summed E-state index contributed by atoms with van der Waals surface area (Å²) in [4.78, 5) is 0. The molecule has 0 aromatic rings. The van der Waals surface area contributed by atoms with Crippen LogP contribution in [0.4, 0.5) is 8.78 Å². The Morgan fingerprint density at radius 1 is 1.18 bits per heavy atom. The van der Waals surface area contributed by atoms with Gasteiger partial charge in [0.25, 0.3) is 0 Å². The fourth-order valence-corrected chi connectivity index (χ4v) is 2.14. The molecular weight excluding hydrogens is 218 g/mol. The first-order valence-corrected chi connectivity index (χ1v) is 6.34. The quantitative estimate of drug-likeness (QED) is 0.558. The van der Waals surface area contributed by atoms with Crippen LogP contribution in [-0.2, 0) is 0 Å². The molecule has 1 aliphatic carbocycles. The molecule has 0 aliphatic heterocycles. The first-order valence-electron chi connectivity index (χ1n) is 6.34. The minimum absolute atomic E-state index is 0.122. The standard InChI is InChI=1S/C15H22F2/c1-5-10(2)6-7-11(3)13-9-8-12(4)14(16)15(13)17/h5,10-11H,1,6-9H2,2-4H3. The van der Waals surface area contributed by atoms with Gasteiger partial charge < -0.3 is 0 Å². The lowest BCUT2D eigenvalue weighted by Crippen LogP contribution is -2.08. The summed E-state index contributed by atoms with van der Waals surface area (Å²) in [5, 5.41) is 0. The molecule has 0 heterocycles. The molecule has 96 valence electrons. The summed E-state index contributed by atoms with van der Waals surface area (Å²) in [5.74, 6) is -0.676. The van der Waals surface area contributed by atoms with E-state index in [4.69, 9.17) is 0 Å². The summed E-state index contributed by atoms with van der Waals surface area (Å²) >= 11 is 0. The Kier molecular flexibility index (Phi) is 5.10. The number of hydrogen-bond donors (Lipinski definition) is 0. The van der Waals surface area contributed by atoms with Crippen LogP contribution in [0.25, 0.3) is 0 Å². The van der Waals surface area contributed by atoms with E-state index >= 15 is 0 Å². The van der Waals surface area contributed by atoms with Crippen molar-refractivity contribution in [3.63, 3.8) is 0 Å². The van der Waals surface area contributed by atoms with E-state index in [2.05, 4.69) is 13.5 Å². The number of rotatable bonds is 5. The molecule has 0 bridgehead atoms. The van der Waals surface area contributed by atoms with Crippen LogP contribution in [0, 0.1) is 11.8 Å². The second kappa shape index (κ2) is 6.13. The highest BCUT2D eigenvalue weighted by Crippen LogP contribution is 2.37. The zero-order valence-corrected chi connectivity index (χ0v) is 11.0. The fourth-order valence-electron chi connectivity index (χ4n) is 2.14. The second-order valence-electron chi connectivity index (χ2n) is 5.12. The van der Waals surface area contributed by atoms with Crippen molar-refractivity contribution in [2.45, 2.75) is 46.5 Å². The van der Waals surface area contributed by atoms with E-state index in [1.807, 2.05) is 13.0 Å². The normalized spacial score (nSPS) is 20.5. The Morgan fingerprint density at radius 3 is 2.41 bits per heavy atom. The van der Waals surface area contributed by atoms with Crippen LogP contribution >= 0.6 is 0 Å². The highest BCUT2D eigenvalue weighted by Gasteiger charge is 2.23. The van der Waals surface area contributed by atoms with Gasteiger partial charge in [0, 0.05) is 0 Å². The monoisotopic (exact) mass is 240 g/mol. The number of hydrogen-bond acceptors (Lipinski definition) is 0. The molecular formula is C15H22F2. The summed E-state index contributed by atoms with van der Waals surface area (Å²) in [6.45, 7) is 9.48. The lowest BCUT2D eigenvalue weighted by atomic mass is 9.85. The van der Waals surface area contributed by atoms with E-state index in [-0.39, 0.29) is 5.92 Å². The number of allylic oxidation sites excluding steroid dienone is 5. The zero-order valence-electron chi connectivity index (χ0n) is 11.0. The highest BCUT2D eigenvalue weighted by molar-refractivity contribution is 5.34. The van der Waals surface area contributed by atoms with Gasteiger partial charge in [0.2, 0.25) is 0 Å². The maximum atomic E-state index is 13.8. The molecule has 2 heteroatoms. The van der Waals surface area contributed by atoms with Gasteiger partial charge in [-0.3, -0.25) is 0 Å². The molecule has 1 rings (SSSR count). The fraction of sp³-hybridized carbons (Fsp3) is 0.600. The average molecular weight is 240 g/mol. The van der Waals surface area contributed by atoms with Gasteiger partial charge in [0.15, 0.2) is 11.7 Å². The van der Waals surface area contributed by atoms with Crippen molar-refractivity contribution in [3.8, 4) is 0 Å².